The zero-order valence-corrected chi connectivity index (χ0v) is 11.6. The third kappa shape index (κ3) is 5.12. The Morgan fingerprint density at radius 2 is 2.00 bits per heavy atom. The molecule has 0 bridgehead atoms. The van der Waals surface area contributed by atoms with Gasteiger partial charge in [0.15, 0.2) is 12.4 Å². The Labute approximate surface area is 116 Å². The average molecular weight is 292 g/mol. The molecule has 18 heavy (non-hydrogen) atoms. The maximum Gasteiger partial charge on any atom is 0.257 e. The molecule has 6 heteroatoms. The second kappa shape index (κ2) is 8.19. The van der Waals surface area contributed by atoms with Gasteiger partial charge >= 0.3 is 0 Å². The summed E-state index contributed by atoms with van der Waals surface area (Å²) in [5, 5.41) is 3.46. The lowest BCUT2D eigenvalue weighted by atomic mass is 10.3. The first kappa shape index (κ1) is 15.1. The van der Waals surface area contributed by atoms with Crippen LogP contribution >= 0.6 is 23.2 Å². The van der Waals surface area contributed by atoms with Crippen LogP contribution in [0.25, 0.3) is 0 Å². The van der Waals surface area contributed by atoms with Crippen LogP contribution in [0.4, 0.5) is 0 Å². The largest absolute Gasteiger partial charge is 0.481 e. The molecule has 1 rings (SSSR count). The highest BCUT2D eigenvalue weighted by Crippen LogP contribution is 2.32. The van der Waals surface area contributed by atoms with E-state index in [1.54, 1.807) is 25.3 Å². The molecular weight excluding hydrogens is 277 g/mol. The number of benzene rings is 1. The fourth-order valence-corrected chi connectivity index (χ4v) is 1.76. The second-order valence-electron chi connectivity index (χ2n) is 3.54. The Bertz CT molecular complexity index is 379. The first-order valence-electron chi connectivity index (χ1n) is 5.47. The SMILES string of the molecule is COCCCNC(=O)COc1c(Cl)cccc1Cl. The van der Waals surface area contributed by atoms with Crippen molar-refractivity contribution in [2.75, 3.05) is 26.9 Å². The molecule has 1 aromatic rings. The lowest BCUT2D eigenvalue weighted by Crippen LogP contribution is -2.30. The van der Waals surface area contributed by atoms with E-state index in [1.165, 1.54) is 0 Å². The molecule has 0 fully saturated rings. The number of hydrogen-bond donors (Lipinski definition) is 1. The first-order chi connectivity index (χ1) is 8.65. The van der Waals surface area contributed by atoms with Gasteiger partial charge in [-0.15, -0.1) is 0 Å². The lowest BCUT2D eigenvalue weighted by Gasteiger charge is -2.09. The predicted octanol–water partition coefficient (Wildman–Crippen LogP) is 2.52. The summed E-state index contributed by atoms with van der Waals surface area (Å²) < 4.78 is 10.1. The van der Waals surface area contributed by atoms with E-state index in [0.29, 0.717) is 28.9 Å². The zero-order chi connectivity index (χ0) is 13.4. The molecular formula is C12H15Cl2NO3. The van der Waals surface area contributed by atoms with E-state index in [2.05, 4.69) is 5.32 Å². The van der Waals surface area contributed by atoms with Crippen LogP contribution in [0.5, 0.6) is 5.75 Å². The fourth-order valence-electron chi connectivity index (χ4n) is 1.25. The van der Waals surface area contributed by atoms with E-state index < -0.39 is 0 Å². The summed E-state index contributed by atoms with van der Waals surface area (Å²) in [6, 6.07) is 5.01. The average Bonchev–Trinajstić information content (AvgIpc) is 2.34. The van der Waals surface area contributed by atoms with Crippen molar-refractivity contribution in [3.63, 3.8) is 0 Å². The maximum absolute atomic E-state index is 11.4. The number of hydrogen-bond acceptors (Lipinski definition) is 3. The summed E-state index contributed by atoms with van der Waals surface area (Å²) in [5.74, 6) is 0.106. The fraction of sp³-hybridized carbons (Fsp3) is 0.417. The Kier molecular flexibility index (Phi) is 6.86. The molecule has 100 valence electrons. The maximum atomic E-state index is 11.4. The van der Waals surface area contributed by atoms with E-state index in [1.807, 2.05) is 0 Å². The molecule has 0 aliphatic rings. The number of nitrogens with one attached hydrogen (secondary N) is 1. The molecule has 0 radical (unpaired) electrons. The van der Waals surface area contributed by atoms with Crippen molar-refractivity contribution in [2.45, 2.75) is 6.42 Å². The van der Waals surface area contributed by atoms with Gasteiger partial charge in [-0.25, -0.2) is 0 Å². The topological polar surface area (TPSA) is 47.6 Å². The molecule has 0 spiro atoms. The normalized spacial score (nSPS) is 10.2. The molecule has 1 aromatic carbocycles. The van der Waals surface area contributed by atoms with Gasteiger partial charge in [-0.1, -0.05) is 29.3 Å². The van der Waals surface area contributed by atoms with E-state index >= 15 is 0 Å². The number of methoxy groups -OCH3 is 1. The molecule has 0 unspecified atom stereocenters. The lowest BCUT2D eigenvalue weighted by molar-refractivity contribution is -0.123. The molecule has 0 aliphatic heterocycles. The van der Waals surface area contributed by atoms with Crippen molar-refractivity contribution in [1.82, 2.24) is 5.32 Å². The van der Waals surface area contributed by atoms with Crippen LogP contribution in [-0.4, -0.2) is 32.8 Å². The minimum absolute atomic E-state index is 0.115. The summed E-state index contributed by atoms with van der Waals surface area (Å²) in [6.45, 7) is 1.04. The van der Waals surface area contributed by atoms with E-state index in [0.717, 1.165) is 6.42 Å². The molecule has 1 amide bonds. The zero-order valence-electron chi connectivity index (χ0n) is 10.0. The predicted molar refractivity (Wildman–Crippen MR) is 71.5 cm³/mol. The van der Waals surface area contributed by atoms with Crippen LogP contribution in [0, 0.1) is 0 Å². The van der Waals surface area contributed by atoms with Crippen molar-refractivity contribution in [3.05, 3.63) is 28.2 Å². The van der Waals surface area contributed by atoms with Gasteiger partial charge in [0.25, 0.3) is 5.91 Å². The van der Waals surface area contributed by atoms with Gasteiger partial charge in [0, 0.05) is 20.3 Å². The van der Waals surface area contributed by atoms with Crippen molar-refractivity contribution < 1.29 is 14.3 Å². The highest BCUT2D eigenvalue weighted by molar-refractivity contribution is 6.37. The third-order valence-corrected chi connectivity index (χ3v) is 2.71. The van der Waals surface area contributed by atoms with Crippen molar-refractivity contribution in [1.29, 1.82) is 0 Å². The number of para-hydroxylation sites is 1. The molecule has 0 saturated carbocycles. The Morgan fingerprint density at radius 1 is 1.33 bits per heavy atom. The molecule has 0 saturated heterocycles. The number of carbonyl (C=O) groups is 1. The smallest absolute Gasteiger partial charge is 0.257 e. The molecule has 0 heterocycles. The van der Waals surface area contributed by atoms with Gasteiger partial charge in [0.05, 0.1) is 10.0 Å². The summed E-state index contributed by atoms with van der Waals surface area (Å²) in [5.41, 5.74) is 0. The molecule has 4 nitrogen and oxygen atoms in total. The number of ether oxygens (including phenoxy) is 2. The molecule has 1 N–H and O–H groups in total. The quantitative estimate of drug-likeness (QED) is 0.786. The van der Waals surface area contributed by atoms with Crippen LogP contribution in [0.15, 0.2) is 18.2 Å². The van der Waals surface area contributed by atoms with E-state index in [4.69, 9.17) is 32.7 Å². The molecule has 0 aliphatic carbocycles. The summed E-state index contributed by atoms with van der Waals surface area (Å²) in [6.07, 6.45) is 0.759. The van der Waals surface area contributed by atoms with Gasteiger partial charge in [0.2, 0.25) is 0 Å². The highest BCUT2D eigenvalue weighted by atomic mass is 35.5. The number of halogens is 2. The molecule has 0 aromatic heterocycles. The number of amides is 1. The Morgan fingerprint density at radius 3 is 2.61 bits per heavy atom. The summed E-state index contributed by atoms with van der Waals surface area (Å²) >= 11 is 11.8. The van der Waals surface area contributed by atoms with Gasteiger partial charge in [-0.2, -0.15) is 0 Å². The third-order valence-electron chi connectivity index (χ3n) is 2.11. The van der Waals surface area contributed by atoms with Crippen molar-refractivity contribution in [2.24, 2.45) is 0 Å². The summed E-state index contributed by atoms with van der Waals surface area (Å²) in [4.78, 5) is 11.4. The van der Waals surface area contributed by atoms with E-state index in [9.17, 15) is 4.79 Å². The van der Waals surface area contributed by atoms with Gasteiger partial charge in [-0.3, -0.25) is 4.79 Å². The van der Waals surface area contributed by atoms with Crippen molar-refractivity contribution >= 4 is 29.1 Å². The minimum atomic E-state index is -0.220. The molecule has 0 atom stereocenters. The van der Waals surface area contributed by atoms with Crippen LogP contribution < -0.4 is 10.1 Å². The van der Waals surface area contributed by atoms with Gasteiger partial charge in [0.1, 0.15) is 0 Å². The number of rotatable bonds is 7. The second-order valence-corrected chi connectivity index (χ2v) is 4.35. The highest BCUT2D eigenvalue weighted by Gasteiger charge is 2.08. The van der Waals surface area contributed by atoms with Gasteiger partial charge < -0.3 is 14.8 Å². The van der Waals surface area contributed by atoms with Crippen LogP contribution in [-0.2, 0) is 9.53 Å². The first-order valence-corrected chi connectivity index (χ1v) is 6.23. The van der Waals surface area contributed by atoms with Crippen LogP contribution in [0.1, 0.15) is 6.42 Å². The Balaban J connectivity index is 2.34. The monoisotopic (exact) mass is 291 g/mol. The number of carbonyl (C=O) groups excluding carboxylic acids is 1. The van der Waals surface area contributed by atoms with Crippen LogP contribution in [0.2, 0.25) is 10.0 Å². The standard InChI is InChI=1S/C12H15Cl2NO3/c1-17-7-3-6-15-11(16)8-18-12-9(13)4-2-5-10(12)14/h2,4-5H,3,6-8H2,1H3,(H,15,16). The van der Waals surface area contributed by atoms with E-state index in [-0.39, 0.29) is 12.5 Å². The van der Waals surface area contributed by atoms with Crippen LogP contribution in [0.3, 0.4) is 0 Å². The van der Waals surface area contributed by atoms with Crippen molar-refractivity contribution in [3.8, 4) is 5.75 Å². The Hall–Kier alpha value is -0.970. The summed E-state index contributed by atoms with van der Waals surface area (Å²) in [7, 11) is 1.62. The minimum Gasteiger partial charge on any atom is -0.481 e. The van der Waals surface area contributed by atoms with Gasteiger partial charge in [-0.05, 0) is 18.6 Å².